The maximum atomic E-state index is 13.1. The van der Waals surface area contributed by atoms with Gasteiger partial charge in [-0.1, -0.05) is 31.4 Å². The van der Waals surface area contributed by atoms with E-state index in [9.17, 15) is 18.0 Å². The van der Waals surface area contributed by atoms with Gasteiger partial charge in [-0.2, -0.15) is 5.10 Å². The van der Waals surface area contributed by atoms with Crippen LogP contribution in [0.15, 0.2) is 64.5 Å². The molecule has 8 heteroatoms. The highest BCUT2D eigenvalue weighted by Gasteiger charge is 2.35. The Bertz CT molecular complexity index is 1300. The average Bonchev–Trinajstić information content (AvgIpc) is 3.26. The predicted octanol–water partition coefficient (Wildman–Crippen LogP) is 4.02. The van der Waals surface area contributed by atoms with Gasteiger partial charge in [-0.25, -0.2) is 8.42 Å². The number of nitrogens with zero attached hydrogens (tertiary/aromatic N) is 2. The van der Waals surface area contributed by atoms with E-state index in [0.717, 1.165) is 12.8 Å². The van der Waals surface area contributed by atoms with Crippen molar-refractivity contribution in [3.8, 4) is 0 Å². The van der Waals surface area contributed by atoms with Gasteiger partial charge in [0.2, 0.25) is 9.84 Å². The number of ketones is 1. The molecule has 2 heterocycles. The molecule has 158 valence electrons. The highest BCUT2D eigenvalue weighted by atomic mass is 32.2. The minimum absolute atomic E-state index is 0.0312. The van der Waals surface area contributed by atoms with Gasteiger partial charge in [0.25, 0.3) is 5.91 Å². The molecule has 7 nitrogen and oxygen atoms in total. The van der Waals surface area contributed by atoms with E-state index in [2.05, 4.69) is 10.4 Å². The third kappa shape index (κ3) is 3.37. The van der Waals surface area contributed by atoms with Gasteiger partial charge in [-0.05, 0) is 43.2 Å². The van der Waals surface area contributed by atoms with Gasteiger partial charge in [-0.15, -0.1) is 0 Å². The second-order valence-corrected chi connectivity index (χ2v) is 9.85. The van der Waals surface area contributed by atoms with Crippen LogP contribution in [-0.2, 0) is 9.84 Å². The van der Waals surface area contributed by atoms with Gasteiger partial charge in [0.05, 0.1) is 15.8 Å². The maximum Gasteiger partial charge on any atom is 0.256 e. The number of anilines is 1. The SMILES string of the molecule is O=C(Nc1ccn(C2CCCCC2)n1)c1ccc2c(c1)S(=O)(=O)c1ccccc1C2=O. The summed E-state index contributed by atoms with van der Waals surface area (Å²) in [6.45, 7) is 0. The van der Waals surface area contributed by atoms with Crippen LogP contribution in [0.4, 0.5) is 5.82 Å². The normalized spacial score (nSPS) is 17.6. The summed E-state index contributed by atoms with van der Waals surface area (Å²) in [7, 11) is -3.89. The summed E-state index contributed by atoms with van der Waals surface area (Å²) in [6.07, 6.45) is 7.62. The molecule has 0 spiro atoms. The molecule has 0 unspecified atom stereocenters. The minimum atomic E-state index is -3.89. The monoisotopic (exact) mass is 435 g/mol. The first-order chi connectivity index (χ1) is 14.9. The van der Waals surface area contributed by atoms with Gasteiger partial charge < -0.3 is 5.32 Å². The molecule has 31 heavy (non-hydrogen) atoms. The van der Waals surface area contributed by atoms with Gasteiger partial charge >= 0.3 is 0 Å². The van der Waals surface area contributed by atoms with Crippen molar-refractivity contribution < 1.29 is 18.0 Å². The van der Waals surface area contributed by atoms with E-state index < -0.39 is 15.7 Å². The van der Waals surface area contributed by atoms with Crippen LogP contribution >= 0.6 is 0 Å². The van der Waals surface area contributed by atoms with E-state index in [1.54, 1.807) is 18.2 Å². The summed E-state index contributed by atoms with van der Waals surface area (Å²) in [5.74, 6) is -0.422. The van der Waals surface area contributed by atoms with Crippen LogP contribution in [0.25, 0.3) is 0 Å². The molecule has 1 aromatic heterocycles. The van der Waals surface area contributed by atoms with Gasteiger partial charge in [0, 0.05) is 29.0 Å². The molecule has 1 aliphatic carbocycles. The lowest BCUT2D eigenvalue weighted by Gasteiger charge is -2.21. The van der Waals surface area contributed by atoms with Crippen LogP contribution in [0.5, 0.6) is 0 Å². The molecule has 1 fully saturated rings. The van der Waals surface area contributed by atoms with Crippen molar-refractivity contribution >= 4 is 27.3 Å². The first kappa shape index (κ1) is 19.7. The van der Waals surface area contributed by atoms with Crippen molar-refractivity contribution in [1.29, 1.82) is 0 Å². The zero-order valence-corrected chi connectivity index (χ0v) is 17.6. The molecule has 2 aliphatic rings. The Morgan fingerprint density at radius 1 is 0.968 bits per heavy atom. The number of nitrogens with one attached hydrogen (secondary N) is 1. The Kier molecular flexibility index (Phi) is 4.74. The van der Waals surface area contributed by atoms with Crippen LogP contribution in [0.2, 0.25) is 0 Å². The summed E-state index contributed by atoms with van der Waals surface area (Å²) in [6, 6.07) is 12.3. The van der Waals surface area contributed by atoms with Gasteiger partial charge in [0.1, 0.15) is 0 Å². The van der Waals surface area contributed by atoms with Crippen molar-refractivity contribution in [2.45, 2.75) is 47.9 Å². The maximum absolute atomic E-state index is 13.1. The van der Waals surface area contributed by atoms with Crippen LogP contribution in [0, 0.1) is 0 Å². The molecule has 1 aliphatic heterocycles. The topological polar surface area (TPSA) is 98.1 Å². The summed E-state index contributed by atoms with van der Waals surface area (Å²) in [5.41, 5.74) is 0.388. The zero-order chi connectivity index (χ0) is 21.6. The zero-order valence-electron chi connectivity index (χ0n) is 16.7. The molecular formula is C23H21N3O4S. The summed E-state index contributed by atoms with van der Waals surface area (Å²) < 4.78 is 28.0. The lowest BCUT2D eigenvalue weighted by molar-refractivity contribution is 0.101. The minimum Gasteiger partial charge on any atom is -0.305 e. The Labute approximate surface area is 180 Å². The average molecular weight is 436 g/mol. The number of hydrogen-bond acceptors (Lipinski definition) is 5. The van der Waals surface area contributed by atoms with E-state index in [1.165, 1.54) is 49.6 Å². The van der Waals surface area contributed by atoms with E-state index in [1.807, 2.05) is 10.9 Å². The Morgan fingerprint density at radius 2 is 1.71 bits per heavy atom. The Morgan fingerprint density at radius 3 is 2.52 bits per heavy atom. The Balaban J connectivity index is 1.42. The van der Waals surface area contributed by atoms with Crippen molar-refractivity contribution in [3.63, 3.8) is 0 Å². The number of amides is 1. The van der Waals surface area contributed by atoms with Crippen molar-refractivity contribution in [1.82, 2.24) is 9.78 Å². The lowest BCUT2D eigenvalue weighted by Crippen LogP contribution is -2.21. The molecule has 5 rings (SSSR count). The summed E-state index contributed by atoms with van der Waals surface area (Å²) >= 11 is 0. The molecule has 1 saturated carbocycles. The second kappa shape index (κ2) is 7.46. The number of carbonyl (C=O) groups is 2. The largest absolute Gasteiger partial charge is 0.305 e. The molecule has 0 bridgehead atoms. The molecule has 2 aromatic carbocycles. The summed E-state index contributed by atoms with van der Waals surface area (Å²) in [4.78, 5) is 25.4. The summed E-state index contributed by atoms with van der Waals surface area (Å²) in [5, 5.41) is 7.20. The lowest BCUT2D eigenvalue weighted by atomic mass is 9.96. The second-order valence-electron chi connectivity index (χ2n) is 7.97. The number of benzene rings is 2. The van der Waals surface area contributed by atoms with Crippen LogP contribution in [0.1, 0.15) is 64.4 Å². The highest BCUT2D eigenvalue weighted by Crippen LogP contribution is 2.35. The molecule has 0 radical (unpaired) electrons. The van der Waals surface area contributed by atoms with Crippen LogP contribution in [0.3, 0.4) is 0 Å². The number of sulfone groups is 1. The van der Waals surface area contributed by atoms with Gasteiger partial charge in [0.15, 0.2) is 11.6 Å². The first-order valence-corrected chi connectivity index (χ1v) is 11.8. The molecule has 0 atom stereocenters. The van der Waals surface area contributed by atoms with Crippen LogP contribution < -0.4 is 5.32 Å². The first-order valence-electron chi connectivity index (χ1n) is 10.3. The third-order valence-electron chi connectivity index (χ3n) is 6.00. The fourth-order valence-electron chi connectivity index (χ4n) is 4.37. The number of hydrogen-bond donors (Lipinski definition) is 1. The fourth-order valence-corrected chi connectivity index (χ4v) is 6.05. The number of fused-ring (bicyclic) bond motifs is 2. The molecule has 1 N–H and O–H groups in total. The fraction of sp³-hybridized carbons (Fsp3) is 0.261. The third-order valence-corrected chi connectivity index (χ3v) is 7.85. The molecule has 1 amide bonds. The molecular weight excluding hydrogens is 414 g/mol. The standard InChI is InChI=1S/C23H21N3O4S/c27-22-17-8-4-5-9-19(17)31(29,30)20-14-15(10-11-18(20)22)23(28)24-21-12-13-26(25-21)16-6-2-1-3-7-16/h4-5,8-14,16H,1-3,6-7H2,(H,24,25,28). The van der Waals surface area contributed by atoms with Crippen LogP contribution in [-0.4, -0.2) is 29.9 Å². The van der Waals surface area contributed by atoms with Crippen molar-refractivity contribution in [2.75, 3.05) is 5.32 Å². The van der Waals surface area contributed by atoms with E-state index >= 15 is 0 Å². The van der Waals surface area contributed by atoms with Crippen molar-refractivity contribution in [2.24, 2.45) is 0 Å². The molecule has 0 saturated heterocycles. The number of aromatic nitrogens is 2. The van der Waals surface area contributed by atoms with E-state index in [4.69, 9.17) is 0 Å². The predicted molar refractivity (Wildman–Crippen MR) is 114 cm³/mol. The van der Waals surface area contributed by atoms with E-state index in [0.29, 0.717) is 11.9 Å². The quantitative estimate of drug-likeness (QED) is 0.524. The van der Waals surface area contributed by atoms with E-state index in [-0.39, 0.29) is 32.3 Å². The number of carbonyl (C=O) groups excluding carboxylic acids is 2. The smallest absolute Gasteiger partial charge is 0.256 e. The van der Waals surface area contributed by atoms with Gasteiger partial charge in [-0.3, -0.25) is 14.3 Å². The highest BCUT2D eigenvalue weighted by molar-refractivity contribution is 7.91. The Hall–Kier alpha value is -3.26. The van der Waals surface area contributed by atoms with Crippen molar-refractivity contribution in [3.05, 3.63) is 71.4 Å². The number of rotatable bonds is 3. The molecule has 3 aromatic rings.